The first-order valence-electron chi connectivity index (χ1n) is 11.3. The fourth-order valence-corrected chi connectivity index (χ4v) is 4.93. The van der Waals surface area contributed by atoms with E-state index < -0.39 is 0 Å². The lowest BCUT2D eigenvalue weighted by Crippen LogP contribution is -2.34. The van der Waals surface area contributed by atoms with E-state index in [4.69, 9.17) is 0 Å². The van der Waals surface area contributed by atoms with Crippen molar-refractivity contribution >= 4 is 5.57 Å². The number of hydrogen-bond donors (Lipinski definition) is 1. The lowest BCUT2D eigenvalue weighted by Gasteiger charge is -2.42. The number of aryl methyl sites for hydroxylation is 2. The molecule has 4 rings (SSSR count). The summed E-state index contributed by atoms with van der Waals surface area (Å²) in [5.41, 5.74) is 8.49. The summed E-state index contributed by atoms with van der Waals surface area (Å²) in [6.45, 7) is 16.3. The molecule has 1 aliphatic rings. The molecule has 4 heteroatoms. The first kappa shape index (κ1) is 22.2. The maximum absolute atomic E-state index is 12.2. The molecule has 0 aliphatic heterocycles. The van der Waals surface area contributed by atoms with Crippen LogP contribution in [0.5, 0.6) is 5.88 Å². The molecule has 1 N–H and O–H groups in total. The van der Waals surface area contributed by atoms with Crippen LogP contribution in [0.4, 0.5) is 0 Å². The number of benzene rings is 2. The van der Waals surface area contributed by atoms with Gasteiger partial charge in [0.25, 0.3) is 0 Å². The Kier molecular flexibility index (Phi) is 5.23. The molecule has 0 radical (unpaired) electrons. The minimum absolute atomic E-state index is 0.0267. The van der Waals surface area contributed by atoms with Crippen LogP contribution < -0.4 is 5.69 Å². The van der Waals surface area contributed by atoms with E-state index in [1.165, 1.54) is 50.4 Å². The molecule has 0 unspecified atom stereocenters. The molecule has 0 amide bonds. The molecule has 4 nitrogen and oxygen atoms in total. The van der Waals surface area contributed by atoms with Gasteiger partial charge < -0.3 is 5.11 Å². The standard InChI is InChI=1S/C28H34N2O2/c1-18-14-23-24(28(5,6)13-12-27(23,3)4)15-22(18)19(2)21-10-8-20(9-11-21)16-30-25(31)17-29(7)26(30)32/h8-11,14-15,17,31H,2,12-13,16H2,1,3-7H3. The SMILES string of the molecule is C=C(c1ccc(Cn2c(O)cn(C)c2=O)cc1)c1cc2c(cc1C)C(C)(C)CCC2(C)C. The summed E-state index contributed by atoms with van der Waals surface area (Å²) < 4.78 is 2.74. The van der Waals surface area contributed by atoms with E-state index in [9.17, 15) is 9.90 Å². The summed E-state index contributed by atoms with van der Waals surface area (Å²) in [7, 11) is 1.63. The molecule has 3 aromatic rings. The number of aromatic nitrogens is 2. The Morgan fingerprint density at radius 3 is 2.12 bits per heavy atom. The Morgan fingerprint density at radius 1 is 1.03 bits per heavy atom. The Labute approximate surface area is 190 Å². The van der Waals surface area contributed by atoms with Gasteiger partial charge in [0, 0.05) is 7.05 Å². The number of aromatic hydroxyl groups is 1. The average Bonchev–Trinajstić information content (AvgIpc) is 2.97. The second-order valence-electron chi connectivity index (χ2n) is 10.6. The molecule has 32 heavy (non-hydrogen) atoms. The molecule has 0 fully saturated rings. The number of fused-ring (bicyclic) bond motifs is 1. The predicted molar refractivity (Wildman–Crippen MR) is 131 cm³/mol. The molecule has 1 aromatic heterocycles. The number of nitrogens with zero attached hydrogens (tertiary/aromatic N) is 2. The van der Waals surface area contributed by atoms with Crippen molar-refractivity contribution in [2.24, 2.45) is 7.05 Å². The van der Waals surface area contributed by atoms with E-state index in [1.54, 1.807) is 7.05 Å². The first-order chi connectivity index (χ1) is 14.9. The van der Waals surface area contributed by atoms with Crippen molar-refractivity contribution in [2.75, 3.05) is 0 Å². The molecule has 1 heterocycles. The zero-order valence-corrected chi connectivity index (χ0v) is 20.1. The highest BCUT2D eigenvalue weighted by molar-refractivity contribution is 5.80. The van der Waals surface area contributed by atoms with Gasteiger partial charge in [-0.1, -0.05) is 70.7 Å². The third kappa shape index (κ3) is 3.72. The zero-order chi connectivity index (χ0) is 23.4. The first-order valence-corrected chi connectivity index (χ1v) is 11.3. The van der Waals surface area contributed by atoms with Gasteiger partial charge in [0.1, 0.15) is 0 Å². The summed E-state index contributed by atoms with van der Waals surface area (Å²) in [6.07, 6.45) is 3.82. The second-order valence-corrected chi connectivity index (χ2v) is 10.6. The molecule has 1 aliphatic carbocycles. The third-order valence-electron chi connectivity index (χ3n) is 7.28. The molecule has 0 saturated heterocycles. The van der Waals surface area contributed by atoms with Crippen LogP contribution in [0.1, 0.15) is 73.9 Å². The highest BCUT2D eigenvalue weighted by Gasteiger charge is 2.37. The van der Waals surface area contributed by atoms with Crippen LogP contribution in [-0.2, 0) is 24.4 Å². The van der Waals surface area contributed by atoms with Crippen LogP contribution in [-0.4, -0.2) is 14.2 Å². The van der Waals surface area contributed by atoms with E-state index >= 15 is 0 Å². The zero-order valence-electron chi connectivity index (χ0n) is 20.1. The van der Waals surface area contributed by atoms with E-state index in [0.717, 1.165) is 16.7 Å². The molecule has 0 atom stereocenters. The highest BCUT2D eigenvalue weighted by Crippen LogP contribution is 2.47. The molecular formula is C28H34N2O2. The van der Waals surface area contributed by atoms with Gasteiger partial charge in [0.05, 0.1) is 12.7 Å². The van der Waals surface area contributed by atoms with Crippen molar-refractivity contribution in [3.8, 4) is 5.88 Å². The van der Waals surface area contributed by atoms with Crippen molar-refractivity contribution in [1.82, 2.24) is 9.13 Å². The van der Waals surface area contributed by atoms with Crippen molar-refractivity contribution in [1.29, 1.82) is 0 Å². The van der Waals surface area contributed by atoms with Gasteiger partial charge in [-0.05, 0) is 69.5 Å². The van der Waals surface area contributed by atoms with Crippen molar-refractivity contribution in [3.63, 3.8) is 0 Å². The number of rotatable bonds is 4. The fraction of sp³-hybridized carbons (Fsp3) is 0.393. The summed E-state index contributed by atoms with van der Waals surface area (Å²) >= 11 is 0. The van der Waals surface area contributed by atoms with Gasteiger partial charge in [0.15, 0.2) is 0 Å². The fourth-order valence-electron chi connectivity index (χ4n) is 4.93. The molecular weight excluding hydrogens is 396 g/mol. The van der Waals surface area contributed by atoms with Crippen molar-refractivity contribution in [3.05, 3.63) is 93.0 Å². The topological polar surface area (TPSA) is 47.2 Å². The largest absolute Gasteiger partial charge is 0.493 e. The molecule has 0 saturated carbocycles. The van der Waals surface area contributed by atoms with E-state index in [2.05, 4.69) is 65.5 Å². The van der Waals surface area contributed by atoms with Crippen molar-refractivity contribution < 1.29 is 5.11 Å². The summed E-state index contributed by atoms with van der Waals surface area (Å²) in [5, 5.41) is 10.00. The third-order valence-corrected chi connectivity index (χ3v) is 7.28. The lowest BCUT2D eigenvalue weighted by atomic mass is 9.62. The maximum atomic E-state index is 12.2. The number of hydrogen-bond acceptors (Lipinski definition) is 2. The Bertz CT molecular complexity index is 1250. The Hall–Kier alpha value is -3.01. The Morgan fingerprint density at radius 2 is 1.59 bits per heavy atom. The summed E-state index contributed by atoms with van der Waals surface area (Å²) in [6, 6.07) is 12.8. The van der Waals surface area contributed by atoms with Gasteiger partial charge in [-0.15, -0.1) is 0 Å². The van der Waals surface area contributed by atoms with Crippen LogP contribution in [0.2, 0.25) is 0 Å². The molecule has 0 bridgehead atoms. The predicted octanol–water partition coefficient (Wildman–Crippen LogP) is 5.66. The highest BCUT2D eigenvalue weighted by atomic mass is 16.3. The molecule has 0 spiro atoms. The van der Waals surface area contributed by atoms with Gasteiger partial charge in [-0.2, -0.15) is 0 Å². The quantitative estimate of drug-likeness (QED) is 0.581. The Balaban J connectivity index is 1.66. The normalized spacial score (nSPS) is 16.6. The summed E-state index contributed by atoms with van der Waals surface area (Å²) in [5.74, 6) is -0.0267. The average molecular weight is 431 g/mol. The van der Waals surface area contributed by atoms with Crippen LogP contribution in [0, 0.1) is 6.92 Å². The van der Waals surface area contributed by atoms with Crippen LogP contribution in [0.15, 0.2) is 54.0 Å². The van der Waals surface area contributed by atoms with Crippen LogP contribution in [0.25, 0.3) is 5.57 Å². The number of imidazole rings is 1. The van der Waals surface area contributed by atoms with Crippen LogP contribution >= 0.6 is 0 Å². The minimum Gasteiger partial charge on any atom is -0.493 e. The van der Waals surface area contributed by atoms with E-state index in [0.29, 0.717) is 6.54 Å². The second kappa shape index (κ2) is 7.54. The van der Waals surface area contributed by atoms with Gasteiger partial charge in [0.2, 0.25) is 5.88 Å². The van der Waals surface area contributed by atoms with Gasteiger partial charge in [-0.25, -0.2) is 4.79 Å². The maximum Gasteiger partial charge on any atom is 0.331 e. The lowest BCUT2D eigenvalue weighted by molar-refractivity contribution is 0.331. The van der Waals surface area contributed by atoms with E-state index in [1.807, 2.05) is 12.1 Å². The molecule has 168 valence electrons. The van der Waals surface area contributed by atoms with Crippen LogP contribution in [0.3, 0.4) is 0 Å². The molecule has 2 aromatic carbocycles. The van der Waals surface area contributed by atoms with E-state index in [-0.39, 0.29) is 22.4 Å². The van der Waals surface area contributed by atoms with Crippen molar-refractivity contribution in [2.45, 2.75) is 64.8 Å². The minimum atomic E-state index is -0.230. The monoisotopic (exact) mass is 430 g/mol. The smallest absolute Gasteiger partial charge is 0.331 e. The summed E-state index contributed by atoms with van der Waals surface area (Å²) in [4.78, 5) is 12.2. The van der Waals surface area contributed by atoms with Gasteiger partial charge >= 0.3 is 5.69 Å². The van der Waals surface area contributed by atoms with Gasteiger partial charge in [-0.3, -0.25) is 9.13 Å².